The number of fused-ring (bicyclic) bond motifs is 1. The summed E-state index contributed by atoms with van der Waals surface area (Å²) >= 11 is 0. The number of piperidine rings is 1. The van der Waals surface area contributed by atoms with Gasteiger partial charge in [-0.1, -0.05) is 31.2 Å². The molecule has 0 radical (unpaired) electrons. The monoisotopic (exact) mass is 440 g/mol. The van der Waals surface area contributed by atoms with Crippen molar-refractivity contribution in [1.29, 1.82) is 0 Å². The van der Waals surface area contributed by atoms with Gasteiger partial charge in [-0.15, -0.1) is 0 Å². The van der Waals surface area contributed by atoms with Gasteiger partial charge in [0.2, 0.25) is 11.6 Å². The molecule has 1 saturated heterocycles. The van der Waals surface area contributed by atoms with Crippen LogP contribution in [0.4, 0.5) is 5.69 Å². The van der Waals surface area contributed by atoms with E-state index in [4.69, 9.17) is 4.74 Å². The Morgan fingerprint density at radius 1 is 0.935 bits per heavy atom. The van der Waals surface area contributed by atoms with Crippen molar-refractivity contribution in [2.75, 3.05) is 24.9 Å². The van der Waals surface area contributed by atoms with Gasteiger partial charge >= 0.3 is 0 Å². The molecule has 162 valence electrons. The maximum Gasteiger partial charge on any atom is 0.268 e. The summed E-state index contributed by atoms with van der Waals surface area (Å²) in [5.74, 6) is -0.0381. The number of allylic oxidation sites excluding steroid dienone is 2. The van der Waals surface area contributed by atoms with Gasteiger partial charge in [-0.2, -0.15) is 0 Å². The molecule has 0 atom stereocenters. The smallest absolute Gasteiger partial charge is 0.268 e. The number of anilines is 1. The highest BCUT2D eigenvalue weighted by atomic mass is 32.2. The lowest BCUT2D eigenvalue weighted by Crippen LogP contribution is -2.41. The minimum absolute atomic E-state index is 0.0309. The number of benzene rings is 2. The largest absolute Gasteiger partial charge is 0.497 e. The third kappa shape index (κ3) is 3.95. The van der Waals surface area contributed by atoms with Crippen LogP contribution in [-0.4, -0.2) is 45.1 Å². The Bertz CT molecular complexity index is 1160. The molecule has 8 heteroatoms. The van der Waals surface area contributed by atoms with Crippen molar-refractivity contribution < 1.29 is 22.7 Å². The number of sulfonamides is 1. The Kier molecular flexibility index (Phi) is 5.58. The van der Waals surface area contributed by atoms with E-state index in [1.165, 1.54) is 13.2 Å². The molecule has 1 aliphatic heterocycles. The van der Waals surface area contributed by atoms with Crippen LogP contribution in [-0.2, 0) is 10.0 Å². The van der Waals surface area contributed by atoms with Gasteiger partial charge in [-0.05, 0) is 43.0 Å². The van der Waals surface area contributed by atoms with Crippen molar-refractivity contribution in [3.8, 4) is 5.75 Å². The number of nitrogens with zero attached hydrogens (tertiary/aromatic N) is 1. The number of likely N-dealkylation sites (tertiary alicyclic amines) is 1. The lowest BCUT2D eigenvalue weighted by molar-refractivity contribution is 0.0933. The summed E-state index contributed by atoms with van der Waals surface area (Å²) in [5.41, 5.74) is 0.594. The van der Waals surface area contributed by atoms with Crippen molar-refractivity contribution in [3.63, 3.8) is 0 Å². The first-order valence-electron chi connectivity index (χ1n) is 10.2. The number of hydrogen-bond acceptors (Lipinski definition) is 6. The first kappa shape index (κ1) is 21.1. The zero-order valence-corrected chi connectivity index (χ0v) is 18.2. The fourth-order valence-corrected chi connectivity index (χ4v) is 5.35. The van der Waals surface area contributed by atoms with Crippen LogP contribution >= 0.6 is 0 Å². The lowest BCUT2D eigenvalue weighted by atomic mass is 9.90. The Morgan fingerprint density at radius 3 is 2.10 bits per heavy atom. The Morgan fingerprint density at radius 2 is 1.52 bits per heavy atom. The van der Waals surface area contributed by atoms with Gasteiger partial charge in [0.05, 0.1) is 7.11 Å². The lowest BCUT2D eigenvalue weighted by Gasteiger charge is -2.35. The summed E-state index contributed by atoms with van der Waals surface area (Å²) in [6.07, 6.45) is 1.65. The first-order chi connectivity index (χ1) is 14.8. The van der Waals surface area contributed by atoms with Crippen LogP contribution < -0.4 is 9.46 Å². The summed E-state index contributed by atoms with van der Waals surface area (Å²) in [6.45, 7) is 3.18. The molecular formula is C23H24N2O5S. The van der Waals surface area contributed by atoms with Crippen LogP contribution in [0.2, 0.25) is 0 Å². The molecule has 1 heterocycles. The molecular weight excluding hydrogens is 416 g/mol. The zero-order chi connectivity index (χ0) is 22.2. The molecule has 0 bridgehead atoms. The second-order valence-corrected chi connectivity index (χ2v) is 9.50. The highest BCUT2D eigenvalue weighted by molar-refractivity contribution is 7.97. The standard InChI is InChI=1S/C23H24N2O5S/c1-15-11-13-25(14-12-15)20-21(26)18-5-3-4-6-19(18)22(27)23(20)31(28,29)24-16-7-9-17(30-2)10-8-16/h3-10,15,24H,11-14H2,1-2H3. The van der Waals surface area contributed by atoms with E-state index in [-0.39, 0.29) is 22.5 Å². The van der Waals surface area contributed by atoms with E-state index in [1.54, 1.807) is 47.4 Å². The maximum absolute atomic E-state index is 13.4. The minimum atomic E-state index is -4.32. The molecule has 0 saturated carbocycles. The molecule has 0 aromatic heterocycles. The van der Waals surface area contributed by atoms with Crippen molar-refractivity contribution in [3.05, 3.63) is 70.3 Å². The fraction of sp³-hybridized carbons (Fsp3) is 0.304. The molecule has 2 aromatic rings. The maximum atomic E-state index is 13.4. The van der Waals surface area contributed by atoms with Gasteiger partial charge in [-0.25, -0.2) is 8.42 Å². The second kappa shape index (κ2) is 8.19. The molecule has 4 rings (SSSR count). The fourth-order valence-electron chi connectivity index (χ4n) is 3.97. The van der Waals surface area contributed by atoms with E-state index < -0.39 is 26.5 Å². The summed E-state index contributed by atoms with van der Waals surface area (Å²) < 4.78 is 34.3. The average molecular weight is 441 g/mol. The molecule has 0 spiro atoms. The van der Waals surface area contributed by atoms with Crippen molar-refractivity contribution in [2.45, 2.75) is 19.8 Å². The number of carbonyl (C=O) groups is 2. The summed E-state index contributed by atoms with van der Waals surface area (Å²) in [5, 5.41) is 0. The average Bonchev–Trinajstić information content (AvgIpc) is 2.77. The van der Waals surface area contributed by atoms with E-state index in [1.807, 2.05) is 0 Å². The van der Waals surface area contributed by atoms with Crippen LogP contribution in [0.5, 0.6) is 5.75 Å². The summed E-state index contributed by atoms with van der Waals surface area (Å²) in [4.78, 5) is 28.0. The van der Waals surface area contributed by atoms with E-state index in [0.717, 1.165) is 12.8 Å². The van der Waals surface area contributed by atoms with Crippen LogP contribution in [0.3, 0.4) is 0 Å². The predicted molar refractivity (Wildman–Crippen MR) is 118 cm³/mol. The van der Waals surface area contributed by atoms with Gasteiger partial charge in [0, 0.05) is 29.9 Å². The van der Waals surface area contributed by atoms with Crippen molar-refractivity contribution in [1.82, 2.24) is 4.90 Å². The quantitative estimate of drug-likeness (QED) is 0.765. The van der Waals surface area contributed by atoms with Crippen molar-refractivity contribution in [2.24, 2.45) is 5.92 Å². The van der Waals surface area contributed by atoms with Gasteiger partial charge < -0.3 is 9.64 Å². The Labute approximate surface area is 181 Å². The van der Waals surface area contributed by atoms with Crippen LogP contribution in [0.25, 0.3) is 0 Å². The van der Waals surface area contributed by atoms with Crippen molar-refractivity contribution >= 4 is 27.3 Å². The number of hydrogen-bond donors (Lipinski definition) is 1. The van der Waals surface area contributed by atoms with E-state index in [0.29, 0.717) is 24.8 Å². The van der Waals surface area contributed by atoms with Gasteiger partial charge in [0.25, 0.3) is 10.0 Å². The van der Waals surface area contributed by atoms with E-state index >= 15 is 0 Å². The van der Waals surface area contributed by atoms with Crippen LogP contribution in [0.1, 0.15) is 40.5 Å². The molecule has 1 aliphatic carbocycles. The summed E-state index contributed by atoms with van der Waals surface area (Å²) in [7, 11) is -2.80. The highest BCUT2D eigenvalue weighted by Gasteiger charge is 2.42. The number of nitrogens with one attached hydrogen (secondary N) is 1. The molecule has 1 fully saturated rings. The number of carbonyl (C=O) groups excluding carboxylic acids is 2. The number of Topliss-reactive ketones (excluding diaryl/α,β-unsaturated/α-hetero) is 2. The number of rotatable bonds is 5. The first-order valence-corrected chi connectivity index (χ1v) is 11.6. The van der Waals surface area contributed by atoms with E-state index in [2.05, 4.69) is 11.6 Å². The van der Waals surface area contributed by atoms with Gasteiger partial charge in [-0.3, -0.25) is 14.3 Å². The highest BCUT2D eigenvalue weighted by Crippen LogP contribution is 2.34. The Hall–Kier alpha value is -3.13. The number of ketones is 2. The molecule has 0 amide bonds. The minimum Gasteiger partial charge on any atom is -0.497 e. The Balaban J connectivity index is 1.81. The third-order valence-corrected chi connectivity index (χ3v) is 7.18. The van der Waals surface area contributed by atoms with Gasteiger partial charge in [0.15, 0.2) is 4.91 Å². The van der Waals surface area contributed by atoms with Gasteiger partial charge in [0.1, 0.15) is 11.4 Å². The molecule has 0 unspecified atom stereocenters. The summed E-state index contributed by atoms with van der Waals surface area (Å²) in [6, 6.07) is 12.7. The molecule has 31 heavy (non-hydrogen) atoms. The van der Waals surface area contributed by atoms with E-state index in [9.17, 15) is 18.0 Å². The topological polar surface area (TPSA) is 92.8 Å². The number of ether oxygens (including phenoxy) is 1. The number of methoxy groups -OCH3 is 1. The van der Waals surface area contributed by atoms with Crippen LogP contribution in [0.15, 0.2) is 59.1 Å². The zero-order valence-electron chi connectivity index (χ0n) is 17.4. The SMILES string of the molecule is COc1ccc(NS(=O)(=O)C2=C(N3CCC(C)CC3)C(=O)c3ccccc3C2=O)cc1. The molecule has 2 aliphatic rings. The normalized spacial score (nSPS) is 17.5. The second-order valence-electron chi connectivity index (χ2n) is 7.89. The molecule has 2 aromatic carbocycles. The molecule has 1 N–H and O–H groups in total. The molecule has 7 nitrogen and oxygen atoms in total. The third-order valence-electron chi connectivity index (χ3n) is 5.76. The van der Waals surface area contributed by atoms with Crippen LogP contribution in [0, 0.1) is 5.92 Å². The predicted octanol–water partition coefficient (Wildman–Crippen LogP) is 3.46.